The van der Waals surface area contributed by atoms with Crippen LogP contribution in [0.15, 0.2) is 18.2 Å². The van der Waals surface area contributed by atoms with Gasteiger partial charge in [0.1, 0.15) is 18.0 Å². The zero-order valence-electron chi connectivity index (χ0n) is 16.7. The van der Waals surface area contributed by atoms with Gasteiger partial charge in [0.05, 0.1) is 33.8 Å². The largest absolute Gasteiger partial charge is 0.497 e. The van der Waals surface area contributed by atoms with E-state index in [0.29, 0.717) is 31.1 Å². The highest BCUT2D eigenvalue weighted by Gasteiger charge is 2.33. The number of hydrogen-bond acceptors (Lipinski definition) is 7. The van der Waals surface area contributed by atoms with Gasteiger partial charge >= 0.3 is 5.97 Å². The minimum absolute atomic E-state index is 0.0300. The molecular weight excluding hydrogens is 366 g/mol. The fraction of sp³-hybridized carbons (Fsp3) is 0.526. The van der Waals surface area contributed by atoms with Gasteiger partial charge in [0.2, 0.25) is 11.8 Å². The molecule has 1 saturated heterocycles. The summed E-state index contributed by atoms with van der Waals surface area (Å²) in [5, 5.41) is 2.80. The Bertz CT molecular complexity index is 724. The van der Waals surface area contributed by atoms with Crippen molar-refractivity contribution in [2.45, 2.75) is 19.0 Å². The highest BCUT2D eigenvalue weighted by Crippen LogP contribution is 2.27. The first-order valence-electron chi connectivity index (χ1n) is 8.93. The highest BCUT2D eigenvalue weighted by molar-refractivity contribution is 5.90. The lowest BCUT2D eigenvalue weighted by atomic mass is 10.1. The van der Waals surface area contributed by atoms with Crippen molar-refractivity contribution in [3.8, 4) is 11.5 Å². The van der Waals surface area contributed by atoms with Gasteiger partial charge in [-0.15, -0.1) is 0 Å². The summed E-state index contributed by atoms with van der Waals surface area (Å²) < 4.78 is 15.2. The number of carbonyl (C=O) groups excluding carboxylic acids is 3. The van der Waals surface area contributed by atoms with Crippen molar-refractivity contribution in [2.24, 2.45) is 0 Å². The Kier molecular flexibility index (Phi) is 7.62. The first kappa shape index (κ1) is 21.5. The molecule has 9 heteroatoms. The van der Waals surface area contributed by atoms with Crippen molar-refractivity contribution in [2.75, 3.05) is 48.0 Å². The second kappa shape index (κ2) is 9.93. The van der Waals surface area contributed by atoms with Crippen molar-refractivity contribution in [1.29, 1.82) is 0 Å². The van der Waals surface area contributed by atoms with Gasteiger partial charge in [0, 0.05) is 38.3 Å². The van der Waals surface area contributed by atoms with E-state index in [2.05, 4.69) is 10.1 Å². The third kappa shape index (κ3) is 5.35. The van der Waals surface area contributed by atoms with Crippen LogP contribution < -0.4 is 14.8 Å². The lowest BCUT2D eigenvalue weighted by Crippen LogP contribution is -2.56. The summed E-state index contributed by atoms with van der Waals surface area (Å²) in [7, 11) is 5.93. The third-order valence-corrected chi connectivity index (χ3v) is 4.70. The van der Waals surface area contributed by atoms with Gasteiger partial charge < -0.3 is 24.4 Å². The molecule has 2 rings (SSSR count). The van der Waals surface area contributed by atoms with Gasteiger partial charge in [0.15, 0.2) is 0 Å². The van der Waals surface area contributed by atoms with Gasteiger partial charge in [-0.1, -0.05) is 6.07 Å². The van der Waals surface area contributed by atoms with Gasteiger partial charge in [-0.3, -0.25) is 19.3 Å². The predicted molar refractivity (Wildman–Crippen MR) is 101 cm³/mol. The fourth-order valence-corrected chi connectivity index (χ4v) is 3.04. The van der Waals surface area contributed by atoms with Crippen LogP contribution in [-0.2, 0) is 25.7 Å². The molecule has 0 bridgehead atoms. The Morgan fingerprint density at radius 2 is 2.00 bits per heavy atom. The number of carbonyl (C=O) groups is 3. The van der Waals surface area contributed by atoms with E-state index in [9.17, 15) is 14.4 Å². The van der Waals surface area contributed by atoms with Gasteiger partial charge in [0.25, 0.3) is 0 Å². The highest BCUT2D eigenvalue weighted by atomic mass is 16.5. The van der Waals surface area contributed by atoms with Gasteiger partial charge in [-0.2, -0.15) is 0 Å². The summed E-state index contributed by atoms with van der Waals surface area (Å²) in [6.45, 7) is 1.38. The number of esters is 1. The zero-order valence-corrected chi connectivity index (χ0v) is 16.7. The second-order valence-corrected chi connectivity index (χ2v) is 6.49. The molecule has 0 aromatic heterocycles. The van der Waals surface area contributed by atoms with Crippen LogP contribution in [-0.4, -0.2) is 81.6 Å². The van der Waals surface area contributed by atoms with E-state index in [-0.39, 0.29) is 24.8 Å². The minimum Gasteiger partial charge on any atom is -0.497 e. The summed E-state index contributed by atoms with van der Waals surface area (Å²) in [6.07, 6.45) is -0.0300. The van der Waals surface area contributed by atoms with Crippen LogP contribution in [0, 0.1) is 0 Å². The Morgan fingerprint density at radius 3 is 2.64 bits per heavy atom. The number of ether oxygens (including phenoxy) is 3. The first-order valence-corrected chi connectivity index (χ1v) is 8.93. The van der Waals surface area contributed by atoms with Crippen LogP contribution in [0.1, 0.15) is 12.0 Å². The molecule has 0 unspecified atom stereocenters. The molecular formula is C19H27N3O6. The SMILES string of the molecule is COC(=O)CN(C)C(=O)C[C@@H]1C(=O)NCCN1Cc1ccc(OC)cc1OC. The topological polar surface area (TPSA) is 97.4 Å². The fourth-order valence-electron chi connectivity index (χ4n) is 3.04. The molecule has 0 spiro atoms. The lowest BCUT2D eigenvalue weighted by molar-refractivity contribution is -0.147. The Labute approximate surface area is 164 Å². The number of benzene rings is 1. The summed E-state index contributed by atoms with van der Waals surface area (Å²) in [5.41, 5.74) is 0.887. The number of piperazine rings is 1. The van der Waals surface area contributed by atoms with Crippen molar-refractivity contribution in [3.05, 3.63) is 23.8 Å². The molecule has 1 aliphatic rings. The Balaban J connectivity index is 2.13. The quantitative estimate of drug-likeness (QED) is 0.622. The summed E-state index contributed by atoms with van der Waals surface area (Å²) in [5.74, 6) is 0.299. The molecule has 0 radical (unpaired) electrons. The van der Waals surface area contributed by atoms with Crippen molar-refractivity contribution in [1.82, 2.24) is 15.1 Å². The number of hydrogen-bond donors (Lipinski definition) is 1. The first-order chi connectivity index (χ1) is 13.4. The molecule has 1 heterocycles. The molecule has 1 fully saturated rings. The maximum atomic E-state index is 12.5. The van der Waals surface area contributed by atoms with Crippen LogP contribution in [0.2, 0.25) is 0 Å². The van der Waals surface area contributed by atoms with Crippen LogP contribution in [0.25, 0.3) is 0 Å². The molecule has 9 nitrogen and oxygen atoms in total. The van der Waals surface area contributed by atoms with Crippen molar-refractivity contribution in [3.63, 3.8) is 0 Å². The van der Waals surface area contributed by atoms with Crippen molar-refractivity contribution < 1.29 is 28.6 Å². The molecule has 1 aliphatic heterocycles. The van der Waals surface area contributed by atoms with Crippen molar-refractivity contribution >= 4 is 17.8 Å². The van der Waals surface area contributed by atoms with E-state index in [0.717, 1.165) is 5.56 Å². The molecule has 1 aromatic carbocycles. The number of amides is 2. The molecule has 2 amide bonds. The number of likely N-dealkylation sites (N-methyl/N-ethyl adjacent to an activating group) is 1. The normalized spacial score (nSPS) is 16.9. The summed E-state index contributed by atoms with van der Waals surface area (Å²) >= 11 is 0. The van der Waals surface area contributed by atoms with Crippen LogP contribution in [0.5, 0.6) is 11.5 Å². The number of methoxy groups -OCH3 is 3. The van der Waals surface area contributed by atoms with E-state index in [1.807, 2.05) is 17.0 Å². The van der Waals surface area contributed by atoms with E-state index < -0.39 is 12.0 Å². The lowest BCUT2D eigenvalue weighted by Gasteiger charge is -2.35. The molecule has 0 aliphatic carbocycles. The molecule has 1 N–H and O–H groups in total. The van der Waals surface area contributed by atoms with E-state index in [1.165, 1.54) is 19.1 Å². The van der Waals surface area contributed by atoms with Crippen LogP contribution in [0.3, 0.4) is 0 Å². The zero-order chi connectivity index (χ0) is 20.7. The summed E-state index contributed by atoms with van der Waals surface area (Å²) in [4.78, 5) is 39.5. The molecule has 28 heavy (non-hydrogen) atoms. The average Bonchev–Trinajstić information content (AvgIpc) is 2.70. The number of nitrogens with zero attached hydrogens (tertiary/aromatic N) is 2. The van der Waals surface area contributed by atoms with E-state index in [4.69, 9.17) is 9.47 Å². The summed E-state index contributed by atoms with van der Waals surface area (Å²) in [6, 6.07) is 4.86. The minimum atomic E-state index is -0.631. The standard InChI is InChI=1S/C19H27N3O6/c1-21(12-18(24)28-4)17(23)10-15-19(25)20-7-8-22(15)11-13-5-6-14(26-2)9-16(13)27-3/h5-6,9,15H,7-8,10-12H2,1-4H3,(H,20,25)/t15-/m1/s1. The van der Waals surface area contributed by atoms with Gasteiger partial charge in [-0.05, 0) is 6.07 Å². The van der Waals surface area contributed by atoms with Crippen LogP contribution in [0.4, 0.5) is 0 Å². The second-order valence-electron chi connectivity index (χ2n) is 6.49. The molecule has 154 valence electrons. The van der Waals surface area contributed by atoms with Crippen LogP contribution >= 0.6 is 0 Å². The Morgan fingerprint density at radius 1 is 1.25 bits per heavy atom. The molecule has 1 aromatic rings. The molecule has 1 atom stereocenters. The number of rotatable bonds is 8. The monoisotopic (exact) mass is 393 g/mol. The molecule has 0 saturated carbocycles. The van der Waals surface area contributed by atoms with Gasteiger partial charge in [-0.25, -0.2) is 0 Å². The maximum absolute atomic E-state index is 12.5. The third-order valence-electron chi connectivity index (χ3n) is 4.70. The maximum Gasteiger partial charge on any atom is 0.325 e. The van der Waals surface area contributed by atoms with E-state index >= 15 is 0 Å². The predicted octanol–water partition coefficient (Wildman–Crippen LogP) is 0.0257. The number of nitrogens with one attached hydrogen (secondary N) is 1. The Hall–Kier alpha value is -2.81. The van der Waals surface area contributed by atoms with E-state index in [1.54, 1.807) is 20.3 Å². The smallest absolute Gasteiger partial charge is 0.325 e. The average molecular weight is 393 g/mol.